The molecule has 2 aromatic carbocycles. The van der Waals surface area contributed by atoms with Gasteiger partial charge in [0.1, 0.15) is 13.2 Å². The number of primary amides is 1. The van der Waals surface area contributed by atoms with Crippen molar-refractivity contribution in [1.29, 1.82) is 0 Å². The number of nitrogens with one attached hydrogen (secondary N) is 1. The summed E-state index contributed by atoms with van der Waals surface area (Å²) in [5, 5.41) is 2.68. The standard InChI is InChI=1S/C19H23N3O4/c1-15-7-9-16(10-8-15)21-19(24)26-14-12-22(11-13-25-18(20)23)17-5-3-2-4-6-17/h2-10H,11-14H2,1H3,(H2,20,23)(H,21,24). The molecule has 2 aromatic rings. The maximum Gasteiger partial charge on any atom is 0.411 e. The molecule has 2 amide bonds. The van der Waals surface area contributed by atoms with Crippen molar-refractivity contribution in [3.8, 4) is 0 Å². The maximum atomic E-state index is 11.9. The van der Waals surface area contributed by atoms with Gasteiger partial charge in [0, 0.05) is 11.4 Å². The highest BCUT2D eigenvalue weighted by molar-refractivity contribution is 5.84. The van der Waals surface area contributed by atoms with Crippen LogP contribution < -0.4 is 16.0 Å². The Morgan fingerprint density at radius 1 is 0.962 bits per heavy atom. The molecular weight excluding hydrogens is 334 g/mol. The molecule has 0 unspecified atom stereocenters. The van der Waals surface area contributed by atoms with Gasteiger partial charge in [-0.2, -0.15) is 0 Å². The number of ether oxygens (including phenoxy) is 2. The maximum absolute atomic E-state index is 11.9. The van der Waals surface area contributed by atoms with E-state index in [0.29, 0.717) is 18.8 Å². The second-order valence-electron chi connectivity index (χ2n) is 5.62. The first kappa shape index (κ1) is 19.1. The predicted octanol–water partition coefficient (Wildman–Crippen LogP) is 3.15. The summed E-state index contributed by atoms with van der Waals surface area (Å²) in [6, 6.07) is 17.0. The Hall–Kier alpha value is -3.22. The summed E-state index contributed by atoms with van der Waals surface area (Å²) in [4.78, 5) is 24.5. The van der Waals surface area contributed by atoms with E-state index >= 15 is 0 Å². The lowest BCUT2D eigenvalue weighted by Crippen LogP contribution is -2.33. The molecule has 0 saturated carbocycles. The minimum absolute atomic E-state index is 0.153. The van der Waals surface area contributed by atoms with Crippen molar-refractivity contribution in [2.75, 3.05) is 36.5 Å². The SMILES string of the molecule is Cc1ccc(NC(=O)OCCN(CCOC(N)=O)c2ccccc2)cc1. The van der Waals surface area contributed by atoms with Crippen LogP contribution in [0.2, 0.25) is 0 Å². The van der Waals surface area contributed by atoms with Crippen molar-refractivity contribution in [2.45, 2.75) is 6.92 Å². The average Bonchev–Trinajstić information content (AvgIpc) is 2.63. The fourth-order valence-corrected chi connectivity index (χ4v) is 2.30. The molecule has 26 heavy (non-hydrogen) atoms. The molecule has 0 radical (unpaired) electrons. The van der Waals surface area contributed by atoms with Crippen LogP contribution in [0.25, 0.3) is 0 Å². The van der Waals surface area contributed by atoms with Gasteiger partial charge in [0.2, 0.25) is 0 Å². The average molecular weight is 357 g/mol. The third-order valence-electron chi connectivity index (χ3n) is 3.62. The Balaban J connectivity index is 1.82. The van der Waals surface area contributed by atoms with Gasteiger partial charge in [-0.25, -0.2) is 9.59 Å². The van der Waals surface area contributed by atoms with E-state index in [4.69, 9.17) is 15.2 Å². The van der Waals surface area contributed by atoms with Crippen molar-refractivity contribution >= 4 is 23.6 Å². The van der Waals surface area contributed by atoms with Crippen molar-refractivity contribution in [2.24, 2.45) is 5.73 Å². The third-order valence-corrected chi connectivity index (χ3v) is 3.62. The summed E-state index contributed by atoms with van der Waals surface area (Å²) in [5.41, 5.74) is 7.70. The zero-order valence-corrected chi connectivity index (χ0v) is 14.7. The topological polar surface area (TPSA) is 93.9 Å². The summed E-state index contributed by atoms with van der Waals surface area (Å²) in [7, 11) is 0. The van der Waals surface area contributed by atoms with E-state index in [1.54, 1.807) is 0 Å². The molecule has 0 saturated heterocycles. The first-order valence-electron chi connectivity index (χ1n) is 8.27. The van der Waals surface area contributed by atoms with Crippen LogP contribution in [0, 0.1) is 6.92 Å². The van der Waals surface area contributed by atoms with Gasteiger partial charge in [-0.05, 0) is 31.2 Å². The lowest BCUT2D eigenvalue weighted by Gasteiger charge is -2.24. The lowest BCUT2D eigenvalue weighted by atomic mass is 10.2. The second-order valence-corrected chi connectivity index (χ2v) is 5.62. The fourth-order valence-electron chi connectivity index (χ4n) is 2.30. The number of amides is 2. The van der Waals surface area contributed by atoms with Crippen molar-refractivity contribution < 1.29 is 19.1 Å². The number of aryl methyl sites for hydroxylation is 1. The van der Waals surface area contributed by atoms with E-state index in [1.165, 1.54) is 0 Å². The number of hydrogen-bond donors (Lipinski definition) is 2. The molecule has 2 rings (SSSR count). The zero-order chi connectivity index (χ0) is 18.8. The number of nitrogens with zero attached hydrogens (tertiary/aromatic N) is 1. The largest absolute Gasteiger partial charge is 0.448 e. The molecule has 0 spiro atoms. The van der Waals surface area contributed by atoms with Crippen LogP contribution in [0.5, 0.6) is 0 Å². The monoisotopic (exact) mass is 357 g/mol. The molecule has 3 N–H and O–H groups in total. The van der Waals surface area contributed by atoms with Gasteiger partial charge in [0.15, 0.2) is 0 Å². The van der Waals surface area contributed by atoms with Gasteiger partial charge in [-0.1, -0.05) is 35.9 Å². The molecule has 0 atom stereocenters. The van der Waals surface area contributed by atoms with Gasteiger partial charge in [0.05, 0.1) is 13.1 Å². The number of para-hydroxylation sites is 1. The summed E-state index contributed by atoms with van der Waals surface area (Å²) in [5.74, 6) is 0. The van der Waals surface area contributed by atoms with Crippen LogP contribution in [-0.2, 0) is 9.47 Å². The zero-order valence-electron chi connectivity index (χ0n) is 14.7. The predicted molar refractivity (Wildman–Crippen MR) is 100 cm³/mol. The van der Waals surface area contributed by atoms with Crippen LogP contribution in [0.4, 0.5) is 21.0 Å². The quantitative estimate of drug-likeness (QED) is 0.757. The van der Waals surface area contributed by atoms with Crippen LogP contribution in [-0.4, -0.2) is 38.5 Å². The Bertz CT molecular complexity index is 704. The van der Waals surface area contributed by atoms with Crippen LogP contribution in [0.3, 0.4) is 0 Å². The molecule has 0 aliphatic carbocycles. The highest BCUT2D eigenvalue weighted by Crippen LogP contribution is 2.13. The first-order valence-corrected chi connectivity index (χ1v) is 8.27. The summed E-state index contributed by atoms with van der Waals surface area (Å²) in [6.45, 7) is 3.20. The Kier molecular flexibility index (Phi) is 7.30. The van der Waals surface area contributed by atoms with Gasteiger partial charge < -0.3 is 20.1 Å². The molecule has 0 aromatic heterocycles. The Morgan fingerprint density at radius 3 is 2.19 bits per heavy atom. The van der Waals surface area contributed by atoms with Crippen LogP contribution in [0.15, 0.2) is 54.6 Å². The molecule has 0 aliphatic rings. The number of carbonyl (C=O) groups excluding carboxylic acids is 2. The smallest absolute Gasteiger partial charge is 0.411 e. The summed E-state index contributed by atoms with van der Waals surface area (Å²) in [6.07, 6.45) is -1.33. The summed E-state index contributed by atoms with van der Waals surface area (Å²) < 4.78 is 10.0. The van der Waals surface area contributed by atoms with Crippen molar-refractivity contribution in [3.63, 3.8) is 0 Å². The van der Waals surface area contributed by atoms with Crippen molar-refractivity contribution in [3.05, 3.63) is 60.2 Å². The number of hydrogen-bond acceptors (Lipinski definition) is 5. The first-order chi connectivity index (χ1) is 12.5. The van der Waals surface area contributed by atoms with E-state index in [1.807, 2.05) is 66.4 Å². The number of anilines is 2. The van der Waals surface area contributed by atoms with E-state index in [-0.39, 0.29) is 13.2 Å². The van der Waals surface area contributed by atoms with E-state index in [0.717, 1.165) is 11.3 Å². The van der Waals surface area contributed by atoms with Crippen LogP contribution >= 0.6 is 0 Å². The number of benzene rings is 2. The number of carbonyl (C=O) groups is 2. The molecule has 0 aliphatic heterocycles. The van der Waals surface area contributed by atoms with E-state index in [9.17, 15) is 9.59 Å². The fraction of sp³-hybridized carbons (Fsp3) is 0.263. The third kappa shape index (κ3) is 6.72. The normalized spacial score (nSPS) is 10.0. The highest BCUT2D eigenvalue weighted by Gasteiger charge is 2.09. The lowest BCUT2D eigenvalue weighted by molar-refractivity contribution is 0.156. The Morgan fingerprint density at radius 2 is 1.58 bits per heavy atom. The highest BCUT2D eigenvalue weighted by atomic mass is 16.6. The summed E-state index contributed by atoms with van der Waals surface area (Å²) >= 11 is 0. The Labute approximate surface area is 152 Å². The minimum Gasteiger partial charge on any atom is -0.448 e. The van der Waals surface area contributed by atoms with E-state index in [2.05, 4.69) is 5.32 Å². The molecule has 138 valence electrons. The molecule has 7 heteroatoms. The molecule has 7 nitrogen and oxygen atoms in total. The van der Waals surface area contributed by atoms with Gasteiger partial charge >= 0.3 is 12.2 Å². The minimum atomic E-state index is -0.813. The second kappa shape index (κ2) is 9.93. The molecule has 0 bridgehead atoms. The van der Waals surface area contributed by atoms with Crippen molar-refractivity contribution in [1.82, 2.24) is 0 Å². The molecule has 0 heterocycles. The van der Waals surface area contributed by atoms with Gasteiger partial charge in [0.25, 0.3) is 0 Å². The van der Waals surface area contributed by atoms with Crippen LogP contribution in [0.1, 0.15) is 5.56 Å². The molecule has 0 fully saturated rings. The molecular formula is C19H23N3O4. The van der Waals surface area contributed by atoms with E-state index < -0.39 is 12.2 Å². The number of rotatable bonds is 8. The van der Waals surface area contributed by atoms with Gasteiger partial charge in [-0.3, -0.25) is 5.32 Å². The number of nitrogens with two attached hydrogens (primary N) is 1. The van der Waals surface area contributed by atoms with Gasteiger partial charge in [-0.15, -0.1) is 0 Å².